The van der Waals surface area contributed by atoms with Gasteiger partial charge in [-0.2, -0.15) is 0 Å². The summed E-state index contributed by atoms with van der Waals surface area (Å²) in [6.07, 6.45) is -12.7. The molecule has 3 aliphatic rings. The lowest BCUT2D eigenvalue weighted by atomic mass is 9.89. The molecule has 3 aliphatic heterocycles. The van der Waals surface area contributed by atoms with E-state index in [1.807, 2.05) is 0 Å². The molecule has 3 fully saturated rings. The van der Waals surface area contributed by atoms with Crippen LogP contribution in [0.1, 0.15) is 118 Å². The average molecular weight is 1390 g/mol. The number of ether oxygens (including phenoxy) is 10. The molecule has 542 valence electrons. The Bertz CT molecular complexity index is 2100. The van der Waals surface area contributed by atoms with E-state index < -0.39 is 141 Å². The zero-order valence-corrected chi connectivity index (χ0v) is 56.2. The number of rotatable bonds is 51. The maximum Gasteiger partial charge on any atom is 0.222 e. The Labute approximate surface area is 556 Å². The van der Waals surface area contributed by atoms with Crippen LogP contribution in [0.4, 0.5) is 0 Å². The van der Waals surface area contributed by atoms with Crippen LogP contribution in [0, 0.1) is 5.92 Å². The van der Waals surface area contributed by atoms with E-state index in [0.717, 1.165) is 0 Å². The first-order valence-electron chi connectivity index (χ1n) is 31.9. The molecule has 0 aliphatic carbocycles. The summed E-state index contributed by atoms with van der Waals surface area (Å²) in [4.78, 5) is 113. The van der Waals surface area contributed by atoms with Crippen molar-refractivity contribution in [3.05, 3.63) is 0 Å². The quantitative estimate of drug-likeness (QED) is 0.0212. The molecule has 16 unspecified atom stereocenters. The summed E-state index contributed by atoms with van der Waals surface area (Å²) in [5, 5.41) is 94.8. The first kappa shape index (κ1) is 84.2. The van der Waals surface area contributed by atoms with Crippen molar-refractivity contribution < 1.29 is 131 Å². The number of Topliss-reactive ketones (excluding diaryl/α,β-unsaturated/α-hetero) is 4. The Kier molecular flexibility index (Phi) is 42.2. The van der Waals surface area contributed by atoms with Gasteiger partial charge in [0.2, 0.25) is 29.5 Å². The number of aliphatic hydroxyl groups is 8. The minimum atomic E-state index is -1.55. The molecule has 5 amide bonds. The van der Waals surface area contributed by atoms with Crippen molar-refractivity contribution in [1.82, 2.24) is 26.6 Å². The second-order valence-corrected chi connectivity index (χ2v) is 26.1. The van der Waals surface area contributed by atoms with E-state index >= 15 is 0 Å². The molecular formula is C60H103N5O27S2. The van der Waals surface area contributed by atoms with Gasteiger partial charge < -0.3 is 115 Å². The van der Waals surface area contributed by atoms with Gasteiger partial charge in [0.15, 0.2) is 18.9 Å². The van der Waals surface area contributed by atoms with Gasteiger partial charge in [-0.3, -0.25) is 43.2 Å². The Morgan fingerprint density at radius 1 is 0.426 bits per heavy atom. The van der Waals surface area contributed by atoms with Crippen molar-refractivity contribution in [3.63, 3.8) is 0 Å². The molecule has 3 heterocycles. The fourth-order valence-electron chi connectivity index (χ4n) is 10.1. The van der Waals surface area contributed by atoms with Crippen LogP contribution in [-0.2, 0) is 90.5 Å². The molecule has 3 rings (SSSR count). The number of unbranched alkanes of at least 4 members (excludes halogenated alkanes) is 1. The van der Waals surface area contributed by atoms with Gasteiger partial charge in [0, 0.05) is 103 Å². The smallest absolute Gasteiger partial charge is 0.222 e. The summed E-state index contributed by atoms with van der Waals surface area (Å²) in [5.74, 6) is -2.02. The molecule has 0 aromatic rings. The minimum absolute atomic E-state index is 0.0151. The second kappa shape index (κ2) is 47.1. The normalized spacial score (nSPS) is 26.8. The maximum absolute atomic E-state index is 13.9. The number of aliphatic hydroxyl groups excluding tert-OH is 8. The molecule has 0 radical (unpaired) electrons. The minimum Gasteiger partial charge on any atom is -0.394 e. The lowest BCUT2D eigenvalue weighted by Gasteiger charge is -2.43. The maximum atomic E-state index is 13.9. The lowest BCUT2D eigenvalue weighted by Crippen LogP contribution is -2.64. The highest BCUT2D eigenvalue weighted by Crippen LogP contribution is 2.28. The molecule has 0 bridgehead atoms. The van der Waals surface area contributed by atoms with E-state index in [1.165, 1.54) is 20.8 Å². The van der Waals surface area contributed by atoms with Gasteiger partial charge in [-0.05, 0) is 32.6 Å². The van der Waals surface area contributed by atoms with Crippen molar-refractivity contribution in [3.8, 4) is 0 Å². The SMILES string of the molecule is CC(=O)CCSSCCOCCC(=O)CCCCC(=O)NC(COCCC(=O)CCCOC1OC(CO)C(O)C(C)C1NC(C)=O)(COCCC(=O)CCCOC1OC(CO)C(O)C(O)C1NC(C)=O)COCCC(=O)NCCOC1OC(CO)C(O)C(O)C1NC(C)=O. The molecule has 34 heteroatoms. The molecule has 0 saturated carbocycles. The number of nitrogens with one attached hydrogen (secondary N) is 5. The number of amides is 5. The van der Waals surface area contributed by atoms with E-state index in [1.54, 1.807) is 35.4 Å². The number of hydrogen-bond donors (Lipinski definition) is 13. The number of ketones is 4. The summed E-state index contributed by atoms with van der Waals surface area (Å²) < 4.78 is 58.0. The van der Waals surface area contributed by atoms with Gasteiger partial charge in [0.1, 0.15) is 83.5 Å². The molecular weight excluding hydrogens is 1290 g/mol. The van der Waals surface area contributed by atoms with Crippen LogP contribution in [0.2, 0.25) is 0 Å². The molecule has 0 aromatic heterocycles. The third-order valence-corrected chi connectivity index (χ3v) is 17.6. The van der Waals surface area contributed by atoms with Gasteiger partial charge in [-0.15, -0.1) is 0 Å². The number of carbonyl (C=O) groups is 9. The van der Waals surface area contributed by atoms with Crippen LogP contribution in [0.25, 0.3) is 0 Å². The van der Waals surface area contributed by atoms with Gasteiger partial charge in [-0.1, -0.05) is 28.5 Å². The van der Waals surface area contributed by atoms with E-state index in [2.05, 4.69) is 26.6 Å². The molecule has 0 spiro atoms. The van der Waals surface area contributed by atoms with Crippen LogP contribution in [0.5, 0.6) is 0 Å². The highest BCUT2D eigenvalue weighted by atomic mass is 33.1. The summed E-state index contributed by atoms with van der Waals surface area (Å²) in [5.41, 5.74) is -1.52. The highest BCUT2D eigenvalue weighted by Gasteiger charge is 2.47. The fraction of sp³-hybridized carbons (Fsp3) is 0.850. The first-order chi connectivity index (χ1) is 44.8. The molecule has 32 nitrogen and oxygen atoms in total. The Morgan fingerprint density at radius 2 is 0.830 bits per heavy atom. The molecule has 0 aromatic carbocycles. The van der Waals surface area contributed by atoms with E-state index in [0.29, 0.717) is 37.4 Å². The largest absolute Gasteiger partial charge is 0.394 e. The summed E-state index contributed by atoms with van der Waals surface area (Å²) in [6.45, 7) is 3.95. The fourth-order valence-corrected chi connectivity index (χ4v) is 12.0. The predicted molar refractivity (Wildman–Crippen MR) is 335 cm³/mol. The standard InChI is InChI=1S/C60H103N5O27S2/c1-36(69)18-28-93-94-29-27-83-22-14-41(73)10-6-7-13-48(77)65-60(33-84-23-15-42(74)11-8-20-87-57-49(62-38(3)70)37(2)52(78)44(30-66)90-57,34-85-24-16-43(75)12-9-21-88-58-50(63-39(4)71)55(81)53(79)45(31-67)91-58)35-86-25-17-47(76)61-19-26-89-59-51(64-40(5)72)56(82)54(80)46(32-68)92-59/h37,44-46,49-59,66-68,78-82H,6-35H2,1-5H3,(H,61,76)(H,62,70)(H,63,71)(H,64,72)(H,65,77). The van der Waals surface area contributed by atoms with Crippen molar-refractivity contribution in [2.24, 2.45) is 5.92 Å². The zero-order valence-electron chi connectivity index (χ0n) is 54.5. The lowest BCUT2D eigenvalue weighted by molar-refractivity contribution is -0.270. The number of hydrogen-bond acceptors (Lipinski definition) is 29. The van der Waals surface area contributed by atoms with Gasteiger partial charge in [-0.25, -0.2) is 0 Å². The second-order valence-electron chi connectivity index (χ2n) is 23.4. The van der Waals surface area contributed by atoms with Crippen LogP contribution < -0.4 is 26.6 Å². The van der Waals surface area contributed by atoms with Crippen molar-refractivity contribution in [2.75, 3.05) is 111 Å². The summed E-state index contributed by atoms with van der Waals surface area (Å²) in [6, 6.07) is -3.12. The molecule has 13 N–H and O–H groups in total. The third-order valence-electron chi connectivity index (χ3n) is 15.2. The monoisotopic (exact) mass is 1390 g/mol. The van der Waals surface area contributed by atoms with Crippen molar-refractivity contribution in [2.45, 2.75) is 209 Å². The topological polar surface area (TPSA) is 468 Å². The Hall–Kier alpha value is -3.99. The molecule has 94 heavy (non-hydrogen) atoms. The van der Waals surface area contributed by atoms with Gasteiger partial charge in [0.25, 0.3) is 0 Å². The van der Waals surface area contributed by atoms with E-state index in [9.17, 15) is 84.0 Å². The van der Waals surface area contributed by atoms with Crippen molar-refractivity contribution >= 4 is 74.3 Å². The Morgan fingerprint density at radius 3 is 1.30 bits per heavy atom. The summed E-state index contributed by atoms with van der Waals surface area (Å²) in [7, 11) is 3.16. The van der Waals surface area contributed by atoms with Crippen LogP contribution >= 0.6 is 21.6 Å². The summed E-state index contributed by atoms with van der Waals surface area (Å²) >= 11 is 0. The predicted octanol–water partition coefficient (Wildman–Crippen LogP) is -3.07. The first-order valence-corrected chi connectivity index (χ1v) is 34.4. The van der Waals surface area contributed by atoms with Crippen LogP contribution in [-0.4, -0.2) is 295 Å². The third kappa shape index (κ3) is 32.6. The number of carbonyl (C=O) groups excluding carboxylic acids is 9. The van der Waals surface area contributed by atoms with Crippen molar-refractivity contribution in [1.29, 1.82) is 0 Å². The van der Waals surface area contributed by atoms with E-state index in [4.69, 9.17) is 47.4 Å². The molecule has 3 saturated heterocycles. The average Bonchev–Trinajstić information content (AvgIpc) is 0.853. The highest BCUT2D eigenvalue weighted by molar-refractivity contribution is 8.76. The van der Waals surface area contributed by atoms with Crippen LogP contribution in [0.3, 0.4) is 0 Å². The molecule has 16 atom stereocenters. The Balaban J connectivity index is 1.70. The van der Waals surface area contributed by atoms with Gasteiger partial charge in [0.05, 0.1) is 105 Å². The van der Waals surface area contributed by atoms with E-state index in [-0.39, 0.29) is 166 Å². The zero-order chi connectivity index (χ0) is 69.6. The van der Waals surface area contributed by atoms with Gasteiger partial charge >= 0.3 is 0 Å². The van der Waals surface area contributed by atoms with Crippen LogP contribution in [0.15, 0.2) is 0 Å².